The van der Waals surface area contributed by atoms with E-state index in [-0.39, 0.29) is 17.0 Å². The SMILES string of the molecule is Cc1cc(C)n(C(=O)/C(C#N)=C/c2ccc(-c3cccc([N+](=O)[O-])c3)o2)n1. The number of nitro benzene ring substituents is 1. The highest BCUT2D eigenvalue weighted by Crippen LogP contribution is 2.26. The number of hydrogen-bond acceptors (Lipinski definition) is 6. The largest absolute Gasteiger partial charge is 0.457 e. The molecule has 0 bridgehead atoms. The molecular weight excluding hydrogens is 348 g/mol. The molecule has 0 aliphatic heterocycles. The fourth-order valence-corrected chi connectivity index (χ4v) is 2.59. The second-order valence-corrected chi connectivity index (χ2v) is 5.82. The summed E-state index contributed by atoms with van der Waals surface area (Å²) in [7, 11) is 0. The van der Waals surface area contributed by atoms with Gasteiger partial charge in [0.1, 0.15) is 23.2 Å². The van der Waals surface area contributed by atoms with Gasteiger partial charge in [0.15, 0.2) is 0 Å². The normalized spacial score (nSPS) is 11.2. The molecule has 0 aliphatic carbocycles. The minimum atomic E-state index is -0.559. The lowest BCUT2D eigenvalue weighted by molar-refractivity contribution is -0.384. The smallest absolute Gasteiger partial charge is 0.289 e. The number of hydrogen-bond donors (Lipinski definition) is 0. The maximum Gasteiger partial charge on any atom is 0.289 e. The molecule has 0 N–H and O–H groups in total. The first-order valence-electron chi connectivity index (χ1n) is 7.93. The number of carbonyl (C=O) groups is 1. The fourth-order valence-electron chi connectivity index (χ4n) is 2.59. The van der Waals surface area contributed by atoms with Crippen LogP contribution in [0, 0.1) is 35.3 Å². The van der Waals surface area contributed by atoms with E-state index in [2.05, 4.69) is 5.10 Å². The van der Waals surface area contributed by atoms with Crippen LogP contribution in [0.1, 0.15) is 21.9 Å². The van der Waals surface area contributed by atoms with Crippen LogP contribution in [0.5, 0.6) is 0 Å². The van der Waals surface area contributed by atoms with E-state index in [0.717, 1.165) is 4.68 Å². The molecular formula is C19H14N4O4. The number of nitro groups is 1. The molecule has 0 saturated carbocycles. The predicted octanol–water partition coefficient (Wildman–Crippen LogP) is 3.92. The number of furan rings is 1. The van der Waals surface area contributed by atoms with E-state index in [0.29, 0.717) is 22.7 Å². The predicted molar refractivity (Wildman–Crippen MR) is 96.7 cm³/mol. The van der Waals surface area contributed by atoms with Gasteiger partial charge in [-0.3, -0.25) is 14.9 Å². The summed E-state index contributed by atoms with van der Waals surface area (Å²) >= 11 is 0. The van der Waals surface area contributed by atoms with Crippen molar-refractivity contribution in [1.82, 2.24) is 9.78 Å². The number of non-ortho nitro benzene ring substituents is 1. The quantitative estimate of drug-likeness (QED) is 0.301. The van der Waals surface area contributed by atoms with Gasteiger partial charge < -0.3 is 4.42 Å². The molecule has 27 heavy (non-hydrogen) atoms. The van der Waals surface area contributed by atoms with Crippen LogP contribution in [0.2, 0.25) is 0 Å². The molecule has 0 unspecified atom stereocenters. The molecule has 0 atom stereocenters. The van der Waals surface area contributed by atoms with Crippen molar-refractivity contribution in [2.75, 3.05) is 0 Å². The van der Waals surface area contributed by atoms with Crippen LogP contribution in [0.25, 0.3) is 17.4 Å². The van der Waals surface area contributed by atoms with Gasteiger partial charge in [0, 0.05) is 29.5 Å². The number of allylic oxidation sites excluding steroid dienone is 1. The first-order chi connectivity index (χ1) is 12.9. The highest BCUT2D eigenvalue weighted by Gasteiger charge is 2.17. The van der Waals surface area contributed by atoms with Crippen LogP contribution in [0.15, 0.2) is 52.5 Å². The van der Waals surface area contributed by atoms with Crippen LogP contribution in [0.3, 0.4) is 0 Å². The number of benzene rings is 1. The van der Waals surface area contributed by atoms with E-state index in [9.17, 15) is 20.2 Å². The van der Waals surface area contributed by atoms with Gasteiger partial charge in [-0.25, -0.2) is 4.68 Å². The fraction of sp³-hybridized carbons (Fsp3) is 0.105. The second-order valence-electron chi connectivity index (χ2n) is 5.82. The van der Waals surface area contributed by atoms with Gasteiger partial charge in [-0.05, 0) is 32.0 Å². The molecule has 0 radical (unpaired) electrons. The summed E-state index contributed by atoms with van der Waals surface area (Å²) in [6.07, 6.45) is 1.32. The van der Waals surface area contributed by atoms with Gasteiger partial charge in [-0.2, -0.15) is 10.4 Å². The molecule has 0 amide bonds. The third kappa shape index (κ3) is 3.67. The lowest BCUT2D eigenvalue weighted by atomic mass is 10.1. The van der Waals surface area contributed by atoms with Crippen LogP contribution in [-0.2, 0) is 0 Å². The van der Waals surface area contributed by atoms with Crippen molar-refractivity contribution in [3.05, 3.63) is 75.3 Å². The minimum Gasteiger partial charge on any atom is -0.457 e. The van der Waals surface area contributed by atoms with E-state index >= 15 is 0 Å². The number of aromatic nitrogens is 2. The number of nitrogens with zero attached hydrogens (tertiary/aromatic N) is 4. The summed E-state index contributed by atoms with van der Waals surface area (Å²) in [6, 6.07) is 12.8. The third-order valence-electron chi connectivity index (χ3n) is 3.81. The average molecular weight is 362 g/mol. The molecule has 2 aromatic heterocycles. The van der Waals surface area contributed by atoms with Crippen molar-refractivity contribution in [2.45, 2.75) is 13.8 Å². The zero-order chi connectivity index (χ0) is 19.6. The lowest BCUT2D eigenvalue weighted by Crippen LogP contribution is -2.15. The number of carbonyl (C=O) groups excluding carboxylic acids is 1. The topological polar surface area (TPSA) is 115 Å². The number of aryl methyl sites for hydroxylation is 2. The van der Waals surface area contributed by atoms with Gasteiger partial charge in [0.2, 0.25) is 0 Å². The van der Waals surface area contributed by atoms with E-state index in [1.807, 2.05) is 6.07 Å². The molecule has 8 nitrogen and oxygen atoms in total. The van der Waals surface area contributed by atoms with Crippen LogP contribution < -0.4 is 0 Å². The molecule has 3 rings (SSSR count). The zero-order valence-electron chi connectivity index (χ0n) is 14.5. The maximum atomic E-state index is 12.5. The van der Waals surface area contributed by atoms with E-state index < -0.39 is 10.8 Å². The first-order valence-corrected chi connectivity index (χ1v) is 7.93. The van der Waals surface area contributed by atoms with Gasteiger partial charge in [-0.15, -0.1) is 0 Å². The van der Waals surface area contributed by atoms with Crippen molar-refractivity contribution in [3.8, 4) is 17.4 Å². The minimum absolute atomic E-state index is 0.0570. The Hall–Kier alpha value is -3.99. The molecule has 134 valence electrons. The van der Waals surface area contributed by atoms with E-state index in [1.165, 1.54) is 18.2 Å². The molecule has 0 spiro atoms. The van der Waals surface area contributed by atoms with E-state index in [1.54, 1.807) is 44.2 Å². The van der Waals surface area contributed by atoms with Crippen molar-refractivity contribution in [1.29, 1.82) is 5.26 Å². The number of rotatable bonds is 4. The van der Waals surface area contributed by atoms with Gasteiger partial charge in [0.25, 0.3) is 11.6 Å². The molecule has 0 fully saturated rings. The average Bonchev–Trinajstić information content (AvgIpc) is 3.25. The molecule has 8 heteroatoms. The Bertz CT molecular complexity index is 1110. The highest BCUT2D eigenvalue weighted by atomic mass is 16.6. The standard InChI is InChI=1S/C19H14N4O4/c1-12-8-13(2)22(21-12)19(24)15(11-20)10-17-6-7-18(27-17)14-4-3-5-16(9-14)23(25)26/h3-10H,1-2H3/b15-10+. The Morgan fingerprint density at radius 2 is 2.07 bits per heavy atom. The van der Waals surface area contributed by atoms with Crippen LogP contribution >= 0.6 is 0 Å². The van der Waals surface area contributed by atoms with Crippen LogP contribution in [-0.4, -0.2) is 20.6 Å². The maximum absolute atomic E-state index is 12.5. The van der Waals surface area contributed by atoms with Crippen molar-refractivity contribution < 1.29 is 14.1 Å². The summed E-state index contributed by atoms with van der Waals surface area (Å²) in [5.41, 5.74) is 1.62. The lowest BCUT2D eigenvalue weighted by Gasteiger charge is -2.01. The number of nitriles is 1. The van der Waals surface area contributed by atoms with Gasteiger partial charge >= 0.3 is 0 Å². The Morgan fingerprint density at radius 1 is 1.30 bits per heavy atom. The summed E-state index contributed by atoms with van der Waals surface area (Å²) in [5, 5.41) is 24.3. The molecule has 0 saturated heterocycles. The van der Waals surface area contributed by atoms with Crippen molar-refractivity contribution >= 4 is 17.7 Å². The summed E-state index contributed by atoms with van der Waals surface area (Å²) in [4.78, 5) is 22.9. The Kier molecular flexibility index (Phi) is 4.68. The van der Waals surface area contributed by atoms with Gasteiger partial charge in [0.05, 0.1) is 10.6 Å². The summed E-state index contributed by atoms with van der Waals surface area (Å²) in [6.45, 7) is 3.48. The first kappa shape index (κ1) is 17.8. The zero-order valence-corrected chi connectivity index (χ0v) is 14.5. The molecule has 0 aliphatic rings. The summed E-state index contributed by atoms with van der Waals surface area (Å²) < 4.78 is 6.79. The monoisotopic (exact) mass is 362 g/mol. The highest BCUT2D eigenvalue weighted by molar-refractivity contribution is 6.02. The van der Waals surface area contributed by atoms with Gasteiger partial charge in [-0.1, -0.05) is 12.1 Å². The summed E-state index contributed by atoms with van der Waals surface area (Å²) in [5.74, 6) is 0.111. The van der Waals surface area contributed by atoms with E-state index in [4.69, 9.17) is 4.42 Å². The Balaban J connectivity index is 1.92. The van der Waals surface area contributed by atoms with Crippen molar-refractivity contribution in [3.63, 3.8) is 0 Å². The van der Waals surface area contributed by atoms with Crippen molar-refractivity contribution in [2.24, 2.45) is 0 Å². The molecule has 1 aromatic carbocycles. The Labute approximate surface area is 154 Å². The molecule has 2 heterocycles. The molecule has 3 aromatic rings. The second kappa shape index (κ2) is 7.09. The third-order valence-corrected chi connectivity index (χ3v) is 3.81. The van der Waals surface area contributed by atoms with Crippen LogP contribution in [0.4, 0.5) is 5.69 Å². The Morgan fingerprint density at radius 3 is 2.70 bits per heavy atom.